The fourth-order valence-electron chi connectivity index (χ4n) is 3.59. The van der Waals surface area contributed by atoms with Gasteiger partial charge in [-0.25, -0.2) is 0 Å². The van der Waals surface area contributed by atoms with Crippen LogP contribution in [0.2, 0.25) is 0 Å². The average Bonchev–Trinajstić information content (AvgIpc) is 2.25. The molecule has 1 nitrogen and oxygen atoms in total. The van der Waals surface area contributed by atoms with Crippen molar-refractivity contribution in [2.24, 2.45) is 10.8 Å². The van der Waals surface area contributed by atoms with Crippen molar-refractivity contribution in [3.05, 3.63) is 0 Å². The molecule has 1 spiro atoms. The van der Waals surface area contributed by atoms with E-state index in [0.29, 0.717) is 5.41 Å². The molecule has 0 saturated heterocycles. The van der Waals surface area contributed by atoms with Gasteiger partial charge in [-0.15, -0.1) is 0 Å². The Kier molecular flexibility index (Phi) is 1.83. The first-order valence-electron chi connectivity index (χ1n) is 5.64. The zero-order valence-corrected chi connectivity index (χ0v) is 9.19. The molecule has 1 unspecified atom stereocenters. The van der Waals surface area contributed by atoms with Crippen LogP contribution in [0.15, 0.2) is 0 Å². The molecule has 1 atom stereocenters. The van der Waals surface area contributed by atoms with Crippen molar-refractivity contribution in [3.8, 4) is 0 Å². The normalized spacial score (nSPS) is 37.8. The third kappa shape index (κ3) is 1.03. The third-order valence-electron chi connectivity index (χ3n) is 4.62. The highest BCUT2D eigenvalue weighted by Gasteiger charge is 2.61. The van der Waals surface area contributed by atoms with Crippen molar-refractivity contribution in [1.29, 1.82) is 0 Å². The van der Waals surface area contributed by atoms with E-state index in [0.717, 1.165) is 6.42 Å². The second kappa shape index (κ2) is 2.50. The molecule has 1 heteroatoms. The Labute approximate surface area is 81.5 Å². The summed E-state index contributed by atoms with van der Waals surface area (Å²) >= 11 is 0. The summed E-state index contributed by atoms with van der Waals surface area (Å²) in [4.78, 5) is 0. The molecule has 0 aliphatic heterocycles. The van der Waals surface area contributed by atoms with Crippen molar-refractivity contribution < 1.29 is 5.11 Å². The fourth-order valence-corrected chi connectivity index (χ4v) is 3.59. The molecule has 2 fully saturated rings. The summed E-state index contributed by atoms with van der Waals surface area (Å²) < 4.78 is 0. The molecule has 1 N–H and O–H groups in total. The zero-order valence-electron chi connectivity index (χ0n) is 9.19. The Morgan fingerprint density at radius 1 is 0.923 bits per heavy atom. The monoisotopic (exact) mass is 182 g/mol. The molecule has 76 valence electrons. The highest BCUT2D eigenvalue weighted by Crippen LogP contribution is 2.63. The maximum Gasteiger partial charge on any atom is 0.0751 e. The minimum atomic E-state index is -0.377. The van der Waals surface area contributed by atoms with Gasteiger partial charge in [0, 0.05) is 0 Å². The molecule has 0 aromatic heterocycles. The molecular weight excluding hydrogens is 160 g/mol. The highest BCUT2D eigenvalue weighted by atomic mass is 16.3. The summed E-state index contributed by atoms with van der Waals surface area (Å²) in [6.07, 6.45) is 7.38. The Morgan fingerprint density at radius 2 is 1.38 bits per heavy atom. The van der Waals surface area contributed by atoms with Crippen molar-refractivity contribution in [1.82, 2.24) is 0 Å². The highest BCUT2D eigenvalue weighted by molar-refractivity contribution is 5.12. The zero-order chi connectivity index (χ0) is 9.74. The summed E-state index contributed by atoms with van der Waals surface area (Å²) in [6.45, 7) is 6.58. The van der Waals surface area contributed by atoms with Crippen molar-refractivity contribution in [3.63, 3.8) is 0 Å². The van der Waals surface area contributed by atoms with Crippen LogP contribution in [0.4, 0.5) is 0 Å². The van der Waals surface area contributed by atoms with Crippen LogP contribution in [0.5, 0.6) is 0 Å². The quantitative estimate of drug-likeness (QED) is 0.610. The Morgan fingerprint density at radius 3 is 1.69 bits per heavy atom. The first-order chi connectivity index (χ1) is 5.91. The van der Waals surface area contributed by atoms with Gasteiger partial charge in [0.25, 0.3) is 0 Å². The van der Waals surface area contributed by atoms with E-state index < -0.39 is 0 Å². The van der Waals surface area contributed by atoms with Crippen LogP contribution in [0, 0.1) is 10.8 Å². The van der Waals surface area contributed by atoms with Gasteiger partial charge in [0.2, 0.25) is 0 Å². The number of hydrogen-bond donors (Lipinski definition) is 1. The van der Waals surface area contributed by atoms with Crippen molar-refractivity contribution >= 4 is 0 Å². The van der Waals surface area contributed by atoms with Crippen molar-refractivity contribution in [2.45, 2.75) is 64.9 Å². The molecule has 13 heavy (non-hydrogen) atoms. The van der Waals surface area contributed by atoms with Gasteiger partial charge in [0.15, 0.2) is 0 Å². The van der Waals surface area contributed by atoms with E-state index in [-0.39, 0.29) is 11.0 Å². The maximum absolute atomic E-state index is 10.8. The predicted octanol–water partition coefficient (Wildman–Crippen LogP) is 3.12. The van der Waals surface area contributed by atoms with E-state index in [9.17, 15) is 5.11 Å². The van der Waals surface area contributed by atoms with Gasteiger partial charge in [-0.05, 0) is 42.9 Å². The molecule has 0 aromatic carbocycles. The van der Waals surface area contributed by atoms with E-state index in [1.165, 1.54) is 32.1 Å². The van der Waals surface area contributed by atoms with Crippen LogP contribution in [0.3, 0.4) is 0 Å². The standard InChI is InChI=1S/C12H22O/c1-10(2,3)12(13)9-5-8-11(12)6-4-7-11/h13H,4-9H2,1-3H3. The van der Waals surface area contributed by atoms with Gasteiger partial charge in [0.1, 0.15) is 0 Å². The average molecular weight is 182 g/mol. The first kappa shape index (κ1) is 9.51. The van der Waals surface area contributed by atoms with Crippen LogP contribution in [-0.4, -0.2) is 10.7 Å². The summed E-state index contributed by atoms with van der Waals surface area (Å²) in [6, 6.07) is 0. The Balaban J connectivity index is 2.30. The van der Waals surface area contributed by atoms with Gasteiger partial charge >= 0.3 is 0 Å². The SMILES string of the molecule is CC(C)(C)C1(O)CCCC12CCC2. The van der Waals surface area contributed by atoms with Gasteiger partial charge in [-0.3, -0.25) is 0 Å². The van der Waals surface area contributed by atoms with E-state index >= 15 is 0 Å². The third-order valence-corrected chi connectivity index (χ3v) is 4.62. The van der Waals surface area contributed by atoms with Gasteiger partial charge in [0.05, 0.1) is 5.60 Å². The second-order valence-electron chi connectivity index (χ2n) is 6.10. The van der Waals surface area contributed by atoms with E-state index in [2.05, 4.69) is 20.8 Å². The smallest absolute Gasteiger partial charge is 0.0751 e. The van der Waals surface area contributed by atoms with Gasteiger partial charge in [-0.2, -0.15) is 0 Å². The van der Waals surface area contributed by atoms with Gasteiger partial charge in [-0.1, -0.05) is 27.2 Å². The summed E-state index contributed by atoms with van der Waals surface area (Å²) in [5, 5.41) is 10.8. The first-order valence-corrected chi connectivity index (χ1v) is 5.64. The Hall–Kier alpha value is -0.0400. The number of rotatable bonds is 0. The van der Waals surface area contributed by atoms with Crippen LogP contribution in [-0.2, 0) is 0 Å². The molecule has 2 saturated carbocycles. The lowest BCUT2D eigenvalue weighted by Crippen LogP contribution is -2.56. The number of aliphatic hydroxyl groups is 1. The molecule has 2 aliphatic carbocycles. The molecule has 0 amide bonds. The van der Waals surface area contributed by atoms with Crippen LogP contribution >= 0.6 is 0 Å². The lowest BCUT2D eigenvalue weighted by atomic mass is 9.53. The van der Waals surface area contributed by atoms with E-state index in [1.807, 2.05) is 0 Å². The molecular formula is C12H22O. The molecule has 0 bridgehead atoms. The summed E-state index contributed by atoms with van der Waals surface area (Å²) in [5.74, 6) is 0. The molecule has 0 aromatic rings. The summed E-state index contributed by atoms with van der Waals surface area (Å²) in [5.41, 5.74) is -0.00653. The molecule has 2 rings (SSSR count). The lowest BCUT2D eigenvalue weighted by molar-refractivity contribution is -0.168. The minimum Gasteiger partial charge on any atom is -0.389 e. The molecule has 0 radical (unpaired) electrons. The second-order valence-corrected chi connectivity index (χ2v) is 6.10. The number of hydrogen-bond acceptors (Lipinski definition) is 1. The van der Waals surface area contributed by atoms with E-state index in [4.69, 9.17) is 0 Å². The van der Waals surface area contributed by atoms with Crippen LogP contribution < -0.4 is 0 Å². The fraction of sp³-hybridized carbons (Fsp3) is 1.00. The molecule has 0 heterocycles. The van der Waals surface area contributed by atoms with Crippen molar-refractivity contribution in [2.75, 3.05) is 0 Å². The lowest BCUT2D eigenvalue weighted by Gasteiger charge is -2.55. The van der Waals surface area contributed by atoms with Crippen LogP contribution in [0.25, 0.3) is 0 Å². The predicted molar refractivity (Wildman–Crippen MR) is 54.5 cm³/mol. The summed E-state index contributed by atoms with van der Waals surface area (Å²) in [7, 11) is 0. The largest absolute Gasteiger partial charge is 0.389 e. The van der Waals surface area contributed by atoms with Crippen LogP contribution in [0.1, 0.15) is 59.3 Å². The topological polar surface area (TPSA) is 20.2 Å². The molecule has 2 aliphatic rings. The van der Waals surface area contributed by atoms with Gasteiger partial charge < -0.3 is 5.11 Å². The Bertz CT molecular complexity index is 210. The minimum absolute atomic E-state index is 0.0594. The maximum atomic E-state index is 10.8. The van der Waals surface area contributed by atoms with E-state index in [1.54, 1.807) is 0 Å².